The van der Waals surface area contributed by atoms with E-state index in [2.05, 4.69) is 20.9 Å². The number of pyridine rings is 1. The number of benzene rings is 1. The molecule has 1 atom stereocenters. The number of anilines is 2. The monoisotopic (exact) mass is 399 g/mol. The molecule has 0 bridgehead atoms. The summed E-state index contributed by atoms with van der Waals surface area (Å²) < 4.78 is 5.29. The van der Waals surface area contributed by atoms with Gasteiger partial charge in [0, 0.05) is 24.1 Å². The summed E-state index contributed by atoms with van der Waals surface area (Å²) in [6, 6.07) is 7.42. The molecule has 0 spiro atoms. The van der Waals surface area contributed by atoms with E-state index in [4.69, 9.17) is 10.5 Å². The quantitative estimate of drug-likeness (QED) is 0.530. The molecule has 1 heterocycles. The zero-order chi connectivity index (χ0) is 21.4. The van der Waals surface area contributed by atoms with Gasteiger partial charge in [-0.25, -0.2) is 0 Å². The smallest absolute Gasteiger partial charge is 0.257 e. The first-order chi connectivity index (χ1) is 13.8. The van der Waals surface area contributed by atoms with Crippen molar-refractivity contribution < 1.29 is 19.1 Å². The molecule has 0 saturated heterocycles. The lowest BCUT2D eigenvalue weighted by Crippen LogP contribution is -2.46. The first-order valence-corrected chi connectivity index (χ1v) is 9.04. The van der Waals surface area contributed by atoms with Gasteiger partial charge in [-0.3, -0.25) is 19.4 Å². The minimum atomic E-state index is -0.675. The largest absolute Gasteiger partial charge is 0.494 e. The van der Waals surface area contributed by atoms with Crippen LogP contribution in [0.4, 0.5) is 11.4 Å². The SMILES string of the molecule is COc1cc(NC(=O)CNC(=O)[C@@H](N)C(C)C)ccc1NC(=O)c1cccnc1. The molecule has 0 aliphatic carbocycles. The van der Waals surface area contributed by atoms with Crippen LogP contribution >= 0.6 is 0 Å². The van der Waals surface area contributed by atoms with Crippen LogP contribution in [0.5, 0.6) is 5.75 Å². The van der Waals surface area contributed by atoms with E-state index in [1.165, 1.54) is 13.3 Å². The first kappa shape index (κ1) is 21.8. The van der Waals surface area contributed by atoms with E-state index in [-0.39, 0.29) is 24.3 Å². The second kappa shape index (κ2) is 10.2. The van der Waals surface area contributed by atoms with E-state index in [0.717, 1.165) is 0 Å². The number of nitrogens with zero attached hydrogens (tertiary/aromatic N) is 1. The van der Waals surface area contributed by atoms with Crippen molar-refractivity contribution in [3.63, 3.8) is 0 Å². The number of aromatic nitrogens is 1. The molecule has 0 aliphatic rings. The highest BCUT2D eigenvalue weighted by Gasteiger charge is 2.18. The number of amides is 3. The third-order valence-corrected chi connectivity index (χ3v) is 4.10. The molecule has 0 fully saturated rings. The van der Waals surface area contributed by atoms with Crippen LogP contribution in [-0.4, -0.2) is 42.4 Å². The van der Waals surface area contributed by atoms with Crippen molar-refractivity contribution in [3.8, 4) is 5.75 Å². The Labute approximate surface area is 169 Å². The van der Waals surface area contributed by atoms with Crippen LogP contribution in [0.2, 0.25) is 0 Å². The molecule has 0 unspecified atom stereocenters. The van der Waals surface area contributed by atoms with Crippen LogP contribution in [0.3, 0.4) is 0 Å². The van der Waals surface area contributed by atoms with Crippen molar-refractivity contribution in [2.24, 2.45) is 11.7 Å². The van der Waals surface area contributed by atoms with Crippen molar-refractivity contribution >= 4 is 29.1 Å². The Morgan fingerprint density at radius 3 is 2.55 bits per heavy atom. The second-order valence-corrected chi connectivity index (χ2v) is 6.65. The summed E-state index contributed by atoms with van der Waals surface area (Å²) in [5, 5.41) is 7.89. The highest BCUT2D eigenvalue weighted by Crippen LogP contribution is 2.28. The number of carbonyl (C=O) groups excluding carboxylic acids is 3. The van der Waals surface area contributed by atoms with Gasteiger partial charge >= 0.3 is 0 Å². The van der Waals surface area contributed by atoms with Crippen molar-refractivity contribution in [3.05, 3.63) is 48.3 Å². The average Bonchev–Trinajstić information content (AvgIpc) is 2.72. The van der Waals surface area contributed by atoms with Gasteiger partial charge in [0.1, 0.15) is 5.75 Å². The Morgan fingerprint density at radius 2 is 1.93 bits per heavy atom. The third kappa shape index (κ3) is 6.28. The zero-order valence-electron chi connectivity index (χ0n) is 16.6. The average molecular weight is 399 g/mol. The van der Waals surface area contributed by atoms with Gasteiger partial charge in [0.2, 0.25) is 11.8 Å². The van der Waals surface area contributed by atoms with Gasteiger partial charge in [0.25, 0.3) is 5.91 Å². The summed E-state index contributed by atoms with van der Waals surface area (Å²) in [7, 11) is 1.45. The number of ether oxygens (including phenoxy) is 1. The number of nitrogens with one attached hydrogen (secondary N) is 3. The normalized spacial score (nSPS) is 11.5. The van der Waals surface area contributed by atoms with Crippen LogP contribution in [0.1, 0.15) is 24.2 Å². The molecule has 2 aromatic rings. The number of nitrogens with two attached hydrogens (primary N) is 1. The summed E-state index contributed by atoms with van der Waals surface area (Å²) in [5.74, 6) is -0.801. The Bertz CT molecular complexity index is 870. The lowest BCUT2D eigenvalue weighted by molar-refractivity contribution is -0.125. The van der Waals surface area contributed by atoms with E-state index in [1.807, 2.05) is 13.8 Å². The first-order valence-electron chi connectivity index (χ1n) is 9.04. The summed E-state index contributed by atoms with van der Waals surface area (Å²) >= 11 is 0. The fourth-order valence-corrected chi connectivity index (χ4v) is 2.36. The molecule has 0 radical (unpaired) electrons. The van der Waals surface area contributed by atoms with Gasteiger partial charge in [-0.1, -0.05) is 13.8 Å². The number of rotatable bonds is 8. The van der Waals surface area contributed by atoms with Crippen LogP contribution in [0, 0.1) is 5.92 Å². The summed E-state index contributed by atoms with van der Waals surface area (Å²) in [6.07, 6.45) is 3.03. The highest BCUT2D eigenvalue weighted by molar-refractivity contribution is 6.05. The number of hydrogen-bond donors (Lipinski definition) is 4. The number of hydrogen-bond acceptors (Lipinski definition) is 6. The predicted octanol–water partition coefficient (Wildman–Crippen LogP) is 1.38. The number of carbonyl (C=O) groups is 3. The van der Waals surface area contributed by atoms with Gasteiger partial charge in [0.15, 0.2) is 0 Å². The van der Waals surface area contributed by atoms with Crippen LogP contribution in [0.15, 0.2) is 42.7 Å². The van der Waals surface area contributed by atoms with Gasteiger partial charge < -0.3 is 26.4 Å². The second-order valence-electron chi connectivity index (χ2n) is 6.65. The van der Waals surface area contributed by atoms with E-state index >= 15 is 0 Å². The molecule has 29 heavy (non-hydrogen) atoms. The van der Waals surface area contributed by atoms with Gasteiger partial charge in [-0.05, 0) is 30.2 Å². The van der Waals surface area contributed by atoms with Crippen molar-refractivity contribution in [1.82, 2.24) is 10.3 Å². The predicted molar refractivity (Wildman–Crippen MR) is 110 cm³/mol. The maximum absolute atomic E-state index is 12.3. The minimum Gasteiger partial charge on any atom is -0.494 e. The van der Waals surface area contributed by atoms with Crippen molar-refractivity contribution in [2.75, 3.05) is 24.3 Å². The molecule has 5 N–H and O–H groups in total. The molecule has 9 nitrogen and oxygen atoms in total. The fraction of sp³-hybridized carbons (Fsp3) is 0.300. The summed E-state index contributed by atoms with van der Waals surface area (Å²) in [6.45, 7) is 3.44. The fourth-order valence-electron chi connectivity index (χ4n) is 2.36. The molecule has 2 rings (SSSR count). The Hall–Kier alpha value is -3.46. The molecule has 9 heteroatoms. The Balaban J connectivity index is 1.98. The zero-order valence-corrected chi connectivity index (χ0v) is 16.6. The van der Waals surface area contributed by atoms with Crippen molar-refractivity contribution in [1.29, 1.82) is 0 Å². The maximum atomic E-state index is 12.3. The molecule has 0 aliphatic heterocycles. The van der Waals surface area contributed by atoms with Crippen LogP contribution < -0.4 is 26.4 Å². The van der Waals surface area contributed by atoms with Crippen LogP contribution in [0.25, 0.3) is 0 Å². The molecular formula is C20H25N5O4. The number of methoxy groups -OCH3 is 1. The maximum Gasteiger partial charge on any atom is 0.257 e. The Kier molecular flexibility index (Phi) is 7.67. The molecule has 154 valence electrons. The van der Waals surface area contributed by atoms with E-state index in [0.29, 0.717) is 22.7 Å². The molecule has 1 aromatic carbocycles. The van der Waals surface area contributed by atoms with Gasteiger partial charge in [-0.2, -0.15) is 0 Å². The van der Waals surface area contributed by atoms with Gasteiger partial charge in [0.05, 0.1) is 30.9 Å². The highest BCUT2D eigenvalue weighted by atomic mass is 16.5. The topological polar surface area (TPSA) is 135 Å². The molecule has 0 saturated carbocycles. The molecule has 3 amide bonds. The standard InChI is InChI=1S/C20H25N5O4/c1-12(2)18(21)20(28)23-11-17(26)24-14-6-7-15(16(9-14)29-3)25-19(27)13-5-4-8-22-10-13/h4-10,12,18H,11,21H2,1-3H3,(H,23,28)(H,24,26)(H,25,27)/t18-/m0/s1. The third-order valence-electron chi connectivity index (χ3n) is 4.10. The van der Waals surface area contributed by atoms with Crippen molar-refractivity contribution in [2.45, 2.75) is 19.9 Å². The van der Waals surface area contributed by atoms with E-state index in [1.54, 1.807) is 36.5 Å². The van der Waals surface area contributed by atoms with Crippen LogP contribution in [-0.2, 0) is 9.59 Å². The summed E-state index contributed by atoms with van der Waals surface area (Å²) in [4.78, 5) is 40.1. The van der Waals surface area contributed by atoms with Gasteiger partial charge in [-0.15, -0.1) is 0 Å². The Morgan fingerprint density at radius 1 is 1.17 bits per heavy atom. The summed E-state index contributed by atoms with van der Waals surface area (Å²) in [5.41, 5.74) is 7.03. The van der Waals surface area contributed by atoms with E-state index < -0.39 is 11.9 Å². The molecule has 1 aromatic heterocycles. The lowest BCUT2D eigenvalue weighted by Gasteiger charge is -2.15. The minimum absolute atomic E-state index is 0.0308. The molecular weight excluding hydrogens is 374 g/mol. The lowest BCUT2D eigenvalue weighted by atomic mass is 10.1. The van der Waals surface area contributed by atoms with E-state index in [9.17, 15) is 14.4 Å².